The Bertz CT molecular complexity index is 899. The molecule has 0 aromatic heterocycles. The molecule has 0 bridgehead atoms. The third-order valence-corrected chi connectivity index (χ3v) is 8.88. The lowest BCUT2D eigenvalue weighted by atomic mass is 9.82. The van der Waals surface area contributed by atoms with Crippen LogP contribution in [0.4, 0.5) is 0 Å². The van der Waals surface area contributed by atoms with E-state index in [9.17, 15) is 5.11 Å². The van der Waals surface area contributed by atoms with Gasteiger partial charge in [0.25, 0.3) is 0 Å². The van der Waals surface area contributed by atoms with Crippen LogP contribution in [-0.2, 0) is 5.60 Å². The summed E-state index contributed by atoms with van der Waals surface area (Å²) >= 11 is 7.83. The molecule has 1 N–H and O–H groups in total. The first kappa shape index (κ1) is 23.2. The molecule has 31 heavy (non-hydrogen) atoms. The predicted octanol–water partition coefficient (Wildman–Crippen LogP) is 7.36. The maximum atomic E-state index is 11.5. The monoisotopic (exact) mass is 545 g/mol. The van der Waals surface area contributed by atoms with Gasteiger partial charge >= 0.3 is 0 Å². The van der Waals surface area contributed by atoms with Gasteiger partial charge in [-0.3, -0.25) is 4.90 Å². The number of aliphatic hydroxyl groups is 1. The summed E-state index contributed by atoms with van der Waals surface area (Å²) in [6.07, 6.45) is 17.6. The van der Waals surface area contributed by atoms with E-state index >= 15 is 0 Å². The molecule has 5 atom stereocenters. The van der Waals surface area contributed by atoms with Crippen LogP contribution >= 0.6 is 31.9 Å². The van der Waals surface area contributed by atoms with E-state index in [-0.39, 0.29) is 6.04 Å². The lowest BCUT2D eigenvalue weighted by Crippen LogP contribution is -2.50. The summed E-state index contributed by atoms with van der Waals surface area (Å²) in [7, 11) is 0. The highest BCUT2D eigenvalue weighted by Crippen LogP contribution is 2.44. The molecule has 0 spiro atoms. The molecule has 1 aromatic rings. The first-order valence-electron chi connectivity index (χ1n) is 11.5. The summed E-state index contributed by atoms with van der Waals surface area (Å²) in [5.74, 6) is 0.389. The highest BCUT2D eigenvalue weighted by atomic mass is 79.9. The summed E-state index contributed by atoms with van der Waals surface area (Å²) in [4.78, 5) is 2.72. The zero-order valence-corrected chi connectivity index (χ0v) is 21.6. The molecule has 0 saturated carbocycles. The smallest absolute Gasteiger partial charge is 0.0883 e. The van der Waals surface area contributed by atoms with Crippen molar-refractivity contribution in [3.8, 4) is 0 Å². The first-order valence-corrected chi connectivity index (χ1v) is 13.1. The van der Waals surface area contributed by atoms with Crippen molar-refractivity contribution in [2.75, 3.05) is 0 Å². The molecule has 2 nitrogen and oxygen atoms in total. The van der Waals surface area contributed by atoms with Crippen molar-refractivity contribution < 1.29 is 5.11 Å². The molecular weight excluding hydrogens is 514 g/mol. The summed E-state index contributed by atoms with van der Waals surface area (Å²) in [5.41, 5.74) is 1.58. The minimum Gasteiger partial charge on any atom is -0.385 e. The van der Waals surface area contributed by atoms with Gasteiger partial charge in [0.05, 0.1) is 5.60 Å². The van der Waals surface area contributed by atoms with Crippen molar-refractivity contribution in [2.45, 2.75) is 76.1 Å². The maximum absolute atomic E-state index is 11.5. The van der Waals surface area contributed by atoms with Gasteiger partial charge in [0.2, 0.25) is 0 Å². The fourth-order valence-corrected chi connectivity index (χ4v) is 6.76. The molecular formula is C27H33Br2NO. The van der Waals surface area contributed by atoms with Crippen molar-refractivity contribution in [1.82, 2.24) is 4.90 Å². The van der Waals surface area contributed by atoms with Gasteiger partial charge in [-0.2, -0.15) is 0 Å². The Kier molecular flexibility index (Phi) is 7.42. The number of hydrogen-bond donors (Lipinski definition) is 1. The van der Waals surface area contributed by atoms with Crippen LogP contribution in [0.15, 0.2) is 75.2 Å². The van der Waals surface area contributed by atoms with Crippen LogP contribution in [-0.4, -0.2) is 28.1 Å². The third kappa shape index (κ3) is 5.03. The Morgan fingerprint density at radius 3 is 2.65 bits per heavy atom. The Balaban J connectivity index is 1.69. The molecule has 4 heteroatoms. The summed E-state index contributed by atoms with van der Waals surface area (Å²) in [6.45, 7) is 4.34. The molecule has 166 valence electrons. The van der Waals surface area contributed by atoms with Gasteiger partial charge in [0.15, 0.2) is 0 Å². The van der Waals surface area contributed by atoms with E-state index in [4.69, 9.17) is 0 Å². The van der Waals surface area contributed by atoms with Crippen LogP contribution in [0.3, 0.4) is 0 Å². The molecule has 1 heterocycles. The average Bonchev–Trinajstić information content (AvgIpc) is 3.11. The largest absolute Gasteiger partial charge is 0.385 e. The van der Waals surface area contributed by atoms with E-state index in [1.165, 1.54) is 21.0 Å². The van der Waals surface area contributed by atoms with E-state index in [2.05, 4.69) is 86.2 Å². The minimum absolute atomic E-state index is 0.288. The van der Waals surface area contributed by atoms with Crippen molar-refractivity contribution >= 4 is 31.9 Å². The van der Waals surface area contributed by atoms with Gasteiger partial charge in [0, 0.05) is 33.0 Å². The second kappa shape index (κ2) is 9.91. The normalized spacial score (nSPS) is 29.7. The van der Waals surface area contributed by atoms with Crippen molar-refractivity contribution in [1.29, 1.82) is 0 Å². The van der Waals surface area contributed by atoms with Gasteiger partial charge in [0.1, 0.15) is 0 Å². The lowest BCUT2D eigenvalue weighted by Gasteiger charge is -2.44. The van der Waals surface area contributed by atoms with Gasteiger partial charge in [-0.1, -0.05) is 92.6 Å². The van der Waals surface area contributed by atoms with E-state index < -0.39 is 5.60 Å². The van der Waals surface area contributed by atoms with Gasteiger partial charge in [-0.05, 0) is 63.5 Å². The third-order valence-electron chi connectivity index (χ3n) is 7.17. The van der Waals surface area contributed by atoms with E-state index in [1.54, 1.807) is 0 Å². The van der Waals surface area contributed by atoms with Crippen LogP contribution in [0.2, 0.25) is 0 Å². The van der Waals surface area contributed by atoms with Crippen LogP contribution < -0.4 is 0 Å². The number of hydrogen-bond acceptors (Lipinski definition) is 2. The lowest BCUT2D eigenvalue weighted by molar-refractivity contribution is 0.00787. The first-order chi connectivity index (χ1) is 14.9. The van der Waals surface area contributed by atoms with E-state index in [1.807, 2.05) is 25.1 Å². The molecule has 4 rings (SSSR count). The molecule has 1 aromatic carbocycles. The van der Waals surface area contributed by atoms with Crippen LogP contribution in [0, 0.1) is 5.92 Å². The highest BCUT2D eigenvalue weighted by molar-refractivity contribution is 9.12. The van der Waals surface area contributed by atoms with E-state index in [0.717, 1.165) is 37.7 Å². The van der Waals surface area contributed by atoms with Gasteiger partial charge in [-0.25, -0.2) is 0 Å². The Hall–Kier alpha value is -0.940. The van der Waals surface area contributed by atoms with Crippen molar-refractivity contribution in [3.05, 3.63) is 80.8 Å². The molecule has 1 saturated heterocycles. The molecule has 0 radical (unpaired) electrons. The maximum Gasteiger partial charge on any atom is 0.0883 e. The van der Waals surface area contributed by atoms with Crippen molar-refractivity contribution in [3.63, 3.8) is 0 Å². The standard InChI is InChI=1S/C27H33Br2NO/c1-19-16-17-21(18-27(2,31)20-10-4-3-5-11-20)30(19)26(22-12-6-8-14-24(22)28)23-13-7-9-15-25(23)29/h3-8,10-11,13-14,19,21-22,26,31H,9,12,15-18H2,1-2H3. The number of halogens is 2. The summed E-state index contributed by atoms with van der Waals surface area (Å²) in [6, 6.07) is 11.3. The van der Waals surface area contributed by atoms with Gasteiger partial charge < -0.3 is 5.11 Å². The van der Waals surface area contributed by atoms with Crippen molar-refractivity contribution in [2.24, 2.45) is 5.92 Å². The molecule has 1 fully saturated rings. The Morgan fingerprint density at radius 1 is 1.16 bits per heavy atom. The van der Waals surface area contributed by atoms with Gasteiger partial charge in [-0.15, -0.1) is 0 Å². The molecule has 2 aliphatic carbocycles. The Labute approximate surface area is 204 Å². The summed E-state index contributed by atoms with van der Waals surface area (Å²) < 4.78 is 2.61. The number of rotatable bonds is 6. The zero-order chi connectivity index (χ0) is 22.0. The summed E-state index contributed by atoms with van der Waals surface area (Å²) in [5, 5.41) is 11.5. The fraction of sp³-hybridized carbons (Fsp3) is 0.481. The van der Waals surface area contributed by atoms with Crippen LogP contribution in [0.1, 0.15) is 57.9 Å². The number of likely N-dealkylation sites (tertiary alicyclic amines) is 1. The quantitative estimate of drug-likeness (QED) is 0.403. The number of allylic oxidation sites excluding steroid dienone is 5. The van der Waals surface area contributed by atoms with E-state index in [0.29, 0.717) is 18.0 Å². The minimum atomic E-state index is -0.841. The molecule has 1 aliphatic heterocycles. The predicted molar refractivity (Wildman–Crippen MR) is 137 cm³/mol. The number of benzene rings is 1. The average molecular weight is 547 g/mol. The molecule has 5 unspecified atom stereocenters. The fourth-order valence-electron chi connectivity index (χ4n) is 5.57. The number of nitrogens with zero attached hydrogens (tertiary/aromatic N) is 1. The molecule has 0 amide bonds. The highest BCUT2D eigenvalue weighted by Gasteiger charge is 2.44. The second-order valence-electron chi connectivity index (χ2n) is 9.44. The second-order valence-corrected chi connectivity index (χ2v) is 11.3. The zero-order valence-electron chi connectivity index (χ0n) is 18.5. The SMILES string of the molecule is CC1CCC(CC(C)(O)c2ccccc2)N1C(C1=C(Br)CCC=C1)C1CC=CC=C1Br. The topological polar surface area (TPSA) is 23.5 Å². The van der Waals surface area contributed by atoms with Crippen LogP contribution in [0.5, 0.6) is 0 Å². The Morgan fingerprint density at radius 2 is 1.94 bits per heavy atom. The molecule has 3 aliphatic rings. The van der Waals surface area contributed by atoms with Crippen LogP contribution in [0.25, 0.3) is 0 Å².